The largest absolute Gasteiger partial charge is 0.490 e. The topological polar surface area (TPSA) is 125 Å². The molecule has 0 radical (unpaired) electrons. The summed E-state index contributed by atoms with van der Waals surface area (Å²) in [5.74, 6) is -1.50. The highest BCUT2D eigenvalue weighted by molar-refractivity contribution is 7.88. The molecule has 1 aliphatic rings. The highest BCUT2D eigenvalue weighted by atomic mass is 32.2. The zero-order chi connectivity index (χ0) is 31.0. The fraction of sp³-hybridized carbons (Fsp3) is 0.704. The number of aliphatic hydroxyl groups is 1. The van der Waals surface area contributed by atoms with Gasteiger partial charge in [-0.3, -0.25) is 9.59 Å². The van der Waals surface area contributed by atoms with Gasteiger partial charge in [0, 0.05) is 44.8 Å². The number of aliphatic hydroxyl groups excluding tert-OH is 1. The van der Waals surface area contributed by atoms with Crippen molar-refractivity contribution in [3.8, 4) is 5.75 Å². The van der Waals surface area contributed by atoms with Gasteiger partial charge in [0.1, 0.15) is 5.75 Å². The summed E-state index contributed by atoms with van der Waals surface area (Å²) >= 11 is 0. The van der Waals surface area contributed by atoms with E-state index in [1.54, 1.807) is 6.92 Å². The van der Waals surface area contributed by atoms with E-state index in [1.165, 1.54) is 34.5 Å². The number of hydrogen-bond donors (Lipinski definition) is 2. The summed E-state index contributed by atoms with van der Waals surface area (Å²) in [5.41, 5.74) is 0.197. The number of rotatable bonds is 8. The second-order valence-electron chi connectivity index (χ2n) is 10.7. The van der Waals surface area contributed by atoms with Crippen LogP contribution in [0.2, 0.25) is 0 Å². The predicted octanol–water partition coefficient (Wildman–Crippen LogP) is 3.65. The number of likely N-dealkylation sites (N-methyl/N-ethyl adjacent to an activating group) is 1. The van der Waals surface area contributed by atoms with Gasteiger partial charge in [-0.1, -0.05) is 6.92 Å². The molecule has 0 unspecified atom stereocenters. The molecule has 10 nitrogen and oxygen atoms in total. The van der Waals surface area contributed by atoms with Crippen LogP contribution in [0.15, 0.2) is 18.2 Å². The van der Waals surface area contributed by atoms with Gasteiger partial charge in [-0.2, -0.15) is 13.2 Å². The summed E-state index contributed by atoms with van der Waals surface area (Å²) in [5, 5.41) is 12.4. The van der Waals surface area contributed by atoms with E-state index in [4.69, 9.17) is 9.47 Å². The van der Waals surface area contributed by atoms with E-state index in [0.29, 0.717) is 19.4 Å². The lowest BCUT2D eigenvalue weighted by molar-refractivity contribution is -0.142. The maximum Gasteiger partial charge on any atom is 0.389 e. The quantitative estimate of drug-likeness (QED) is 0.461. The summed E-state index contributed by atoms with van der Waals surface area (Å²) in [6, 6.07) is 3.66. The zero-order valence-corrected chi connectivity index (χ0v) is 25.1. The Hall–Kier alpha value is -2.42. The fourth-order valence-electron chi connectivity index (χ4n) is 4.33. The number of carbonyl (C=O) groups excluding carboxylic acids is 2. The summed E-state index contributed by atoms with van der Waals surface area (Å²) in [6.45, 7) is 5.50. The van der Waals surface area contributed by atoms with Crippen LogP contribution >= 0.6 is 0 Å². The predicted molar refractivity (Wildman–Crippen MR) is 148 cm³/mol. The van der Waals surface area contributed by atoms with Gasteiger partial charge in [0.15, 0.2) is 0 Å². The van der Waals surface area contributed by atoms with E-state index in [-0.39, 0.29) is 48.7 Å². The molecule has 0 bridgehead atoms. The molecule has 14 heteroatoms. The van der Waals surface area contributed by atoms with Crippen LogP contribution in [0, 0.1) is 5.92 Å². The number of nitrogens with one attached hydrogen (secondary N) is 1. The number of sulfonamides is 1. The third kappa shape index (κ3) is 11.4. The molecule has 2 rings (SSSR count). The number of nitrogens with zero attached hydrogens (tertiary/aromatic N) is 2. The SMILES string of the molecule is C[C@@H]1CCCCO[C@@H](CN(C)S(C)(=O)=O)[C@H](C)CN([C@H](C)CO)C(=O)c2cc(NC(=O)CCC(F)(F)F)ccc2O1. The number of fused-ring (bicyclic) bond motifs is 1. The minimum absolute atomic E-state index is 0.0692. The van der Waals surface area contributed by atoms with Gasteiger partial charge >= 0.3 is 6.18 Å². The highest BCUT2D eigenvalue weighted by Gasteiger charge is 2.32. The van der Waals surface area contributed by atoms with Crippen LogP contribution in [0.1, 0.15) is 63.2 Å². The first kappa shape index (κ1) is 34.8. The van der Waals surface area contributed by atoms with Crippen LogP contribution in [0.3, 0.4) is 0 Å². The Morgan fingerprint density at radius 3 is 2.56 bits per heavy atom. The summed E-state index contributed by atoms with van der Waals surface area (Å²) in [4.78, 5) is 27.6. The van der Waals surface area contributed by atoms with Crippen LogP contribution in [0.25, 0.3) is 0 Å². The van der Waals surface area contributed by atoms with Crippen LogP contribution in [0.4, 0.5) is 18.9 Å². The van der Waals surface area contributed by atoms with Crippen LogP contribution < -0.4 is 10.1 Å². The molecule has 0 saturated carbocycles. The molecule has 2 amide bonds. The maximum absolute atomic E-state index is 14.0. The molecule has 1 aromatic carbocycles. The second-order valence-corrected chi connectivity index (χ2v) is 12.8. The van der Waals surface area contributed by atoms with E-state index < -0.39 is 53.0 Å². The summed E-state index contributed by atoms with van der Waals surface area (Å²) in [7, 11) is -2.03. The van der Waals surface area contributed by atoms with E-state index >= 15 is 0 Å². The first-order valence-corrected chi connectivity index (χ1v) is 15.5. The van der Waals surface area contributed by atoms with E-state index in [2.05, 4.69) is 5.32 Å². The minimum atomic E-state index is -4.48. The number of ether oxygens (including phenoxy) is 2. The smallest absolute Gasteiger partial charge is 0.389 e. The van der Waals surface area contributed by atoms with Gasteiger partial charge in [-0.25, -0.2) is 12.7 Å². The molecule has 41 heavy (non-hydrogen) atoms. The minimum Gasteiger partial charge on any atom is -0.490 e. The van der Waals surface area contributed by atoms with E-state index in [1.807, 2.05) is 13.8 Å². The van der Waals surface area contributed by atoms with Crippen LogP contribution in [-0.4, -0.2) is 98.6 Å². The molecule has 4 atom stereocenters. The van der Waals surface area contributed by atoms with Gasteiger partial charge in [-0.15, -0.1) is 0 Å². The Morgan fingerprint density at radius 1 is 1.27 bits per heavy atom. The van der Waals surface area contributed by atoms with Crippen molar-refractivity contribution < 1.29 is 45.8 Å². The number of anilines is 1. The lowest BCUT2D eigenvalue weighted by atomic mass is 10.0. The normalized spacial score (nSPS) is 22.4. The Kier molecular flexibility index (Phi) is 12.9. The first-order chi connectivity index (χ1) is 19.0. The molecule has 234 valence electrons. The number of hydrogen-bond acceptors (Lipinski definition) is 7. The van der Waals surface area contributed by atoms with Crippen molar-refractivity contribution in [1.82, 2.24) is 9.21 Å². The molecule has 2 N–H and O–H groups in total. The van der Waals surface area contributed by atoms with Crippen molar-refractivity contribution in [3.63, 3.8) is 0 Å². The summed E-state index contributed by atoms with van der Waals surface area (Å²) in [6.07, 6.45) is -4.20. The number of alkyl halides is 3. The van der Waals surface area contributed by atoms with E-state index in [0.717, 1.165) is 12.7 Å². The van der Waals surface area contributed by atoms with Crippen molar-refractivity contribution in [3.05, 3.63) is 23.8 Å². The third-order valence-corrected chi connectivity index (χ3v) is 8.26. The highest BCUT2D eigenvalue weighted by Crippen LogP contribution is 2.29. The molecule has 0 fully saturated rings. The van der Waals surface area contributed by atoms with Crippen molar-refractivity contribution in [2.75, 3.05) is 44.9 Å². The standard InChI is InChI=1S/C27H42F3N3O7S/c1-18-15-33(19(2)17-34)26(36)22-14-21(31-25(35)11-12-27(28,29)30)9-10-23(22)40-20(3)8-6-7-13-39-24(18)16-32(4)41(5,37)38/h9-10,14,18-20,24,34H,6-8,11-13,15-17H2,1-5H3,(H,31,35)/t18-,19-,20-,24+/m1/s1. The lowest BCUT2D eigenvalue weighted by Crippen LogP contribution is -2.47. The molecule has 0 aromatic heterocycles. The molecule has 1 heterocycles. The average molecular weight is 610 g/mol. The van der Waals surface area contributed by atoms with Gasteiger partial charge < -0.3 is 24.8 Å². The van der Waals surface area contributed by atoms with E-state index in [9.17, 15) is 36.3 Å². The second kappa shape index (κ2) is 15.2. The fourth-order valence-corrected chi connectivity index (χ4v) is 4.75. The molecule has 0 spiro atoms. The Labute approximate surface area is 240 Å². The van der Waals surface area contributed by atoms with Gasteiger partial charge in [0.25, 0.3) is 5.91 Å². The monoisotopic (exact) mass is 609 g/mol. The maximum atomic E-state index is 14.0. The molecule has 0 saturated heterocycles. The Morgan fingerprint density at radius 2 is 1.95 bits per heavy atom. The number of carbonyl (C=O) groups is 2. The van der Waals surface area contributed by atoms with Gasteiger partial charge in [-0.05, 0) is 51.3 Å². The van der Waals surface area contributed by atoms with Gasteiger partial charge in [0.2, 0.25) is 15.9 Å². The molecular weight excluding hydrogens is 567 g/mol. The molecule has 1 aromatic rings. The van der Waals surface area contributed by atoms with Crippen LogP contribution in [0.5, 0.6) is 5.75 Å². The van der Waals surface area contributed by atoms with Crippen LogP contribution in [-0.2, 0) is 19.6 Å². The van der Waals surface area contributed by atoms with Crippen molar-refractivity contribution in [1.29, 1.82) is 0 Å². The number of benzene rings is 1. The number of amides is 2. The Balaban J connectivity index is 2.46. The van der Waals surface area contributed by atoms with Crippen molar-refractivity contribution >= 4 is 27.5 Å². The average Bonchev–Trinajstić information content (AvgIpc) is 2.88. The Bertz CT molecular complexity index is 1130. The van der Waals surface area contributed by atoms with Crippen molar-refractivity contribution in [2.45, 2.75) is 77.3 Å². The third-order valence-electron chi connectivity index (χ3n) is 6.97. The lowest BCUT2D eigenvalue weighted by Gasteiger charge is -2.35. The van der Waals surface area contributed by atoms with Gasteiger partial charge in [0.05, 0.1) is 43.1 Å². The zero-order valence-electron chi connectivity index (χ0n) is 24.2. The van der Waals surface area contributed by atoms with Crippen molar-refractivity contribution in [2.24, 2.45) is 5.92 Å². The number of halogens is 3. The molecule has 1 aliphatic heterocycles. The first-order valence-electron chi connectivity index (χ1n) is 13.6. The molecule has 0 aliphatic carbocycles. The molecular formula is C27H42F3N3O7S. The summed E-state index contributed by atoms with van der Waals surface area (Å²) < 4.78 is 75.3.